The molecule has 1 N–H and O–H groups in total. The van der Waals surface area contributed by atoms with Crippen LogP contribution in [-0.4, -0.2) is 44.4 Å². The Hall–Kier alpha value is -3.03. The van der Waals surface area contributed by atoms with Gasteiger partial charge in [0.1, 0.15) is 23.7 Å². The van der Waals surface area contributed by atoms with Gasteiger partial charge in [0.25, 0.3) is 5.91 Å². The highest BCUT2D eigenvalue weighted by Gasteiger charge is 2.23. The number of aromatic nitrogens is 4. The molecule has 0 saturated carbocycles. The molecule has 8 heteroatoms. The first kappa shape index (κ1) is 13.6. The fraction of sp³-hybridized carbons (Fsp3) is 0.200. The van der Waals surface area contributed by atoms with Crippen molar-refractivity contribution in [3.8, 4) is 5.75 Å². The van der Waals surface area contributed by atoms with E-state index >= 15 is 0 Å². The third-order valence-corrected chi connectivity index (χ3v) is 3.75. The molecule has 1 aliphatic rings. The number of nitrogens with one attached hydrogen (secondary N) is 1. The van der Waals surface area contributed by atoms with Crippen LogP contribution in [-0.2, 0) is 6.54 Å². The number of ether oxygens (including phenoxy) is 1. The lowest BCUT2D eigenvalue weighted by Crippen LogP contribution is -2.32. The van der Waals surface area contributed by atoms with Gasteiger partial charge < -0.3 is 9.64 Å². The average Bonchev–Trinajstić information content (AvgIpc) is 2.92. The first-order valence-corrected chi connectivity index (χ1v) is 7.08. The van der Waals surface area contributed by atoms with Crippen LogP contribution in [0.3, 0.4) is 0 Å². The molecule has 2 aromatic heterocycles. The highest BCUT2D eigenvalue weighted by Crippen LogP contribution is 2.26. The van der Waals surface area contributed by atoms with Crippen LogP contribution in [0.2, 0.25) is 0 Å². The van der Waals surface area contributed by atoms with Crippen LogP contribution >= 0.6 is 0 Å². The van der Waals surface area contributed by atoms with Crippen LogP contribution < -0.4 is 4.74 Å². The number of rotatable bonds is 1. The summed E-state index contributed by atoms with van der Waals surface area (Å²) in [5, 5.41) is 10.2. The molecule has 0 fully saturated rings. The quantitative estimate of drug-likeness (QED) is 0.736. The van der Waals surface area contributed by atoms with Crippen LogP contribution in [0.1, 0.15) is 15.9 Å². The van der Waals surface area contributed by atoms with Gasteiger partial charge in [0.2, 0.25) is 5.65 Å². The summed E-state index contributed by atoms with van der Waals surface area (Å²) in [5.74, 6) is -0.153. The Morgan fingerprint density at radius 1 is 1.35 bits per heavy atom. The molecule has 3 aromatic rings. The standard InChI is InChI=1S/C15H12FN5O2/c16-11-2-1-3-13-10(11)8-21(4-5-23-13)15(22)9-6-12-14(17-7-9)19-20-18-12/h1-3,6-7H,4-5,8H2,(H,17,18,19,20). The van der Waals surface area contributed by atoms with E-state index in [1.807, 2.05) is 0 Å². The predicted molar refractivity (Wildman–Crippen MR) is 78.3 cm³/mol. The molecule has 0 spiro atoms. The minimum absolute atomic E-state index is 0.150. The molecule has 0 unspecified atom stereocenters. The minimum Gasteiger partial charge on any atom is -0.491 e. The molecule has 0 aliphatic carbocycles. The van der Waals surface area contributed by atoms with Gasteiger partial charge in [-0.05, 0) is 18.2 Å². The smallest absolute Gasteiger partial charge is 0.255 e. The van der Waals surface area contributed by atoms with Gasteiger partial charge in [-0.15, -0.1) is 5.10 Å². The van der Waals surface area contributed by atoms with E-state index in [1.54, 1.807) is 18.2 Å². The van der Waals surface area contributed by atoms with Crippen molar-refractivity contribution in [1.82, 2.24) is 25.3 Å². The van der Waals surface area contributed by atoms with Crippen LogP contribution in [0.15, 0.2) is 30.5 Å². The maximum absolute atomic E-state index is 14.0. The van der Waals surface area contributed by atoms with Crippen molar-refractivity contribution in [2.45, 2.75) is 6.54 Å². The summed E-state index contributed by atoms with van der Waals surface area (Å²) >= 11 is 0. The minimum atomic E-state index is -0.382. The first-order chi connectivity index (χ1) is 11.2. The zero-order chi connectivity index (χ0) is 15.8. The fourth-order valence-corrected chi connectivity index (χ4v) is 2.58. The molecule has 116 valence electrons. The van der Waals surface area contributed by atoms with Crippen LogP contribution in [0, 0.1) is 5.82 Å². The fourth-order valence-electron chi connectivity index (χ4n) is 2.58. The van der Waals surface area contributed by atoms with Crippen molar-refractivity contribution in [1.29, 1.82) is 0 Å². The van der Waals surface area contributed by atoms with Crippen molar-refractivity contribution in [2.24, 2.45) is 0 Å². The highest BCUT2D eigenvalue weighted by molar-refractivity contribution is 5.96. The van der Waals surface area contributed by atoms with Gasteiger partial charge in [-0.2, -0.15) is 10.3 Å². The lowest BCUT2D eigenvalue weighted by Gasteiger charge is -2.19. The lowest BCUT2D eigenvalue weighted by molar-refractivity contribution is 0.0732. The molecule has 1 aromatic carbocycles. The van der Waals surface area contributed by atoms with Crippen LogP contribution in [0.25, 0.3) is 11.2 Å². The van der Waals surface area contributed by atoms with Crippen molar-refractivity contribution in [3.05, 3.63) is 47.4 Å². The number of H-pyrrole nitrogens is 1. The molecule has 0 bridgehead atoms. The summed E-state index contributed by atoms with van der Waals surface area (Å²) in [5.41, 5.74) is 1.71. The molecule has 1 aliphatic heterocycles. The van der Waals surface area contributed by atoms with E-state index in [1.165, 1.54) is 17.2 Å². The number of pyridine rings is 1. The van der Waals surface area contributed by atoms with Gasteiger partial charge >= 0.3 is 0 Å². The Bertz CT molecular complexity index is 894. The average molecular weight is 313 g/mol. The molecular formula is C15H12FN5O2. The number of fused-ring (bicyclic) bond motifs is 2. The SMILES string of the molecule is O=C(c1cnc2n[nH]nc2c1)N1CCOc2cccc(F)c2C1. The molecule has 3 heterocycles. The van der Waals surface area contributed by atoms with E-state index in [9.17, 15) is 9.18 Å². The molecule has 1 amide bonds. The number of carbonyl (C=O) groups excluding carboxylic acids is 1. The number of benzene rings is 1. The van der Waals surface area contributed by atoms with E-state index in [0.29, 0.717) is 41.2 Å². The molecule has 0 saturated heterocycles. The summed E-state index contributed by atoms with van der Waals surface area (Å²) < 4.78 is 19.5. The van der Waals surface area contributed by atoms with E-state index in [0.717, 1.165) is 0 Å². The largest absolute Gasteiger partial charge is 0.491 e. The third kappa shape index (κ3) is 2.37. The highest BCUT2D eigenvalue weighted by atomic mass is 19.1. The number of hydrogen-bond donors (Lipinski definition) is 1. The van der Waals surface area contributed by atoms with E-state index < -0.39 is 0 Å². The topological polar surface area (TPSA) is 84.0 Å². The summed E-state index contributed by atoms with van der Waals surface area (Å²) in [6.07, 6.45) is 1.45. The van der Waals surface area contributed by atoms with Crippen molar-refractivity contribution >= 4 is 17.1 Å². The van der Waals surface area contributed by atoms with Gasteiger partial charge in [0, 0.05) is 11.8 Å². The number of amides is 1. The summed E-state index contributed by atoms with van der Waals surface area (Å²) in [7, 11) is 0. The zero-order valence-electron chi connectivity index (χ0n) is 12.0. The maximum Gasteiger partial charge on any atom is 0.255 e. The van der Waals surface area contributed by atoms with Gasteiger partial charge in [-0.25, -0.2) is 9.37 Å². The lowest BCUT2D eigenvalue weighted by atomic mass is 10.1. The Morgan fingerprint density at radius 3 is 3.17 bits per heavy atom. The van der Waals surface area contributed by atoms with Gasteiger partial charge in [0.05, 0.1) is 18.7 Å². The van der Waals surface area contributed by atoms with Crippen molar-refractivity contribution in [2.75, 3.05) is 13.2 Å². The number of halogens is 1. The number of hydrogen-bond acceptors (Lipinski definition) is 5. The van der Waals surface area contributed by atoms with Crippen molar-refractivity contribution < 1.29 is 13.9 Å². The van der Waals surface area contributed by atoms with Crippen LogP contribution in [0.4, 0.5) is 4.39 Å². The van der Waals surface area contributed by atoms with Crippen molar-refractivity contribution in [3.63, 3.8) is 0 Å². The Kier molecular flexibility index (Phi) is 3.14. The maximum atomic E-state index is 14.0. The number of aromatic amines is 1. The van der Waals surface area contributed by atoms with E-state index in [-0.39, 0.29) is 18.3 Å². The van der Waals surface area contributed by atoms with Gasteiger partial charge in [-0.3, -0.25) is 4.79 Å². The predicted octanol–water partition coefficient (Wildman–Crippen LogP) is 1.53. The second kappa shape index (κ2) is 5.31. The Morgan fingerprint density at radius 2 is 2.26 bits per heavy atom. The van der Waals surface area contributed by atoms with Gasteiger partial charge in [-0.1, -0.05) is 6.07 Å². The van der Waals surface area contributed by atoms with Crippen LogP contribution in [0.5, 0.6) is 5.75 Å². The number of carbonyl (C=O) groups is 1. The monoisotopic (exact) mass is 313 g/mol. The second-order valence-corrected chi connectivity index (χ2v) is 5.18. The second-order valence-electron chi connectivity index (χ2n) is 5.18. The first-order valence-electron chi connectivity index (χ1n) is 7.08. The Balaban J connectivity index is 1.66. The molecule has 0 atom stereocenters. The zero-order valence-corrected chi connectivity index (χ0v) is 12.0. The van der Waals surface area contributed by atoms with E-state index in [4.69, 9.17) is 4.74 Å². The van der Waals surface area contributed by atoms with E-state index in [2.05, 4.69) is 20.4 Å². The summed E-state index contributed by atoms with van der Waals surface area (Å²) in [6.45, 7) is 0.823. The normalized spacial score (nSPS) is 14.2. The summed E-state index contributed by atoms with van der Waals surface area (Å²) in [6, 6.07) is 6.27. The summed E-state index contributed by atoms with van der Waals surface area (Å²) in [4.78, 5) is 18.3. The molecule has 23 heavy (non-hydrogen) atoms. The molecule has 0 radical (unpaired) electrons. The number of nitrogens with zero attached hydrogens (tertiary/aromatic N) is 4. The molecule has 4 rings (SSSR count). The molecule has 7 nitrogen and oxygen atoms in total. The Labute approximate surface area is 130 Å². The third-order valence-electron chi connectivity index (χ3n) is 3.75. The molecular weight excluding hydrogens is 301 g/mol. The van der Waals surface area contributed by atoms with Gasteiger partial charge in [0.15, 0.2) is 0 Å².